The van der Waals surface area contributed by atoms with Crippen LogP contribution >= 0.6 is 0 Å². The Kier molecular flexibility index (Phi) is 9.69. The van der Waals surface area contributed by atoms with Gasteiger partial charge >= 0.3 is 12.1 Å². The van der Waals surface area contributed by atoms with Crippen molar-refractivity contribution in [1.29, 1.82) is 0 Å². The standard InChI is InChI=1S/C26H41N3O9S/c1-6-36-23(32)26-15-17(26)12-10-8-7-9-11-13-19(27-24(33)37-25(2,3)4)22(31)29-16-18(38-39(5,34)35)14-20(29)21(30)28-26/h10,12,17-20H,6-9,11,13-16H2,1-5H3,(H,27,33)(H,28,30)/b12-10-/t17-,18?,19-,20-,26+/m0/s1. The number of alkyl carbamates (subject to hydrolysis) is 1. The van der Waals surface area contributed by atoms with E-state index in [2.05, 4.69) is 10.6 Å². The summed E-state index contributed by atoms with van der Waals surface area (Å²) in [5.41, 5.74) is -2.03. The molecule has 0 spiro atoms. The fraction of sp³-hybridized carbons (Fsp3) is 0.769. The van der Waals surface area contributed by atoms with Gasteiger partial charge in [-0.05, 0) is 53.4 Å². The average molecular weight is 572 g/mol. The number of hydrogen-bond acceptors (Lipinski definition) is 9. The second kappa shape index (κ2) is 12.2. The molecule has 3 aliphatic rings. The van der Waals surface area contributed by atoms with Gasteiger partial charge in [0.25, 0.3) is 10.1 Å². The van der Waals surface area contributed by atoms with E-state index in [1.807, 2.05) is 12.2 Å². The molecule has 2 N–H and O–H groups in total. The first-order chi connectivity index (χ1) is 18.1. The molecule has 3 amide bonds. The molecule has 0 aromatic heterocycles. The van der Waals surface area contributed by atoms with Crippen LogP contribution in [0.5, 0.6) is 0 Å². The fourth-order valence-electron chi connectivity index (χ4n) is 5.07. The number of hydrogen-bond donors (Lipinski definition) is 2. The van der Waals surface area contributed by atoms with E-state index in [4.69, 9.17) is 13.7 Å². The maximum atomic E-state index is 13.8. The molecule has 0 aromatic carbocycles. The summed E-state index contributed by atoms with van der Waals surface area (Å²) >= 11 is 0. The van der Waals surface area contributed by atoms with E-state index >= 15 is 0 Å². The van der Waals surface area contributed by atoms with Crippen LogP contribution < -0.4 is 10.6 Å². The van der Waals surface area contributed by atoms with Gasteiger partial charge in [-0.3, -0.25) is 13.8 Å². The molecular formula is C26H41N3O9S. The highest BCUT2D eigenvalue weighted by molar-refractivity contribution is 7.86. The largest absolute Gasteiger partial charge is 0.464 e. The van der Waals surface area contributed by atoms with Crippen molar-refractivity contribution in [1.82, 2.24) is 15.5 Å². The van der Waals surface area contributed by atoms with Gasteiger partial charge < -0.3 is 25.0 Å². The number of carbonyl (C=O) groups excluding carboxylic acids is 4. The summed E-state index contributed by atoms with van der Waals surface area (Å²) in [5.74, 6) is -1.97. The van der Waals surface area contributed by atoms with Gasteiger partial charge in [0.05, 0.1) is 19.0 Å². The molecule has 1 saturated heterocycles. The first-order valence-corrected chi connectivity index (χ1v) is 15.3. The summed E-state index contributed by atoms with van der Waals surface area (Å²) in [6.45, 7) is 6.76. The first-order valence-electron chi connectivity index (χ1n) is 13.5. The molecule has 13 heteroatoms. The summed E-state index contributed by atoms with van der Waals surface area (Å²) < 4.78 is 39.4. The van der Waals surface area contributed by atoms with Gasteiger partial charge in [0.15, 0.2) is 0 Å². The SMILES string of the molecule is CCOC(=O)[C@@]12C[C@@H]1/C=C\CCCCC[C@H](NC(=O)OC(C)(C)C)C(=O)N1CC(OS(C)(=O)=O)C[C@H]1C(=O)N2. The molecule has 5 atom stereocenters. The van der Waals surface area contributed by atoms with Gasteiger partial charge in [-0.2, -0.15) is 8.42 Å². The third kappa shape index (κ3) is 8.41. The Labute approximate surface area is 230 Å². The molecule has 1 saturated carbocycles. The highest BCUT2D eigenvalue weighted by Crippen LogP contribution is 2.46. The minimum atomic E-state index is -3.87. The van der Waals surface area contributed by atoms with Gasteiger partial charge in [-0.15, -0.1) is 0 Å². The number of esters is 1. The minimum Gasteiger partial charge on any atom is -0.464 e. The number of allylic oxidation sites excluding steroid dienone is 1. The second-order valence-corrected chi connectivity index (χ2v) is 13.0. The quantitative estimate of drug-likeness (QED) is 0.285. The Morgan fingerprint density at radius 1 is 1.21 bits per heavy atom. The topological polar surface area (TPSA) is 157 Å². The van der Waals surface area contributed by atoms with Gasteiger partial charge in [0, 0.05) is 18.9 Å². The average Bonchev–Trinajstić information content (AvgIpc) is 3.33. The lowest BCUT2D eigenvalue weighted by Gasteiger charge is -2.30. The van der Waals surface area contributed by atoms with E-state index in [-0.39, 0.29) is 25.5 Å². The van der Waals surface area contributed by atoms with Gasteiger partial charge in [0.2, 0.25) is 11.8 Å². The van der Waals surface area contributed by atoms with Crippen LogP contribution in [0.2, 0.25) is 0 Å². The van der Waals surface area contributed by atoms with E-state index in [9.17, 15) is 27.6 Å². The summed E-state index contributed by atoms with van der Waals surface area (Å²) in [5, 5.41) is 5.44. The lowest BCUT2D eigenvalue weighted by atomic mass is 10.0. The third-order valence-electron chi connectivity index (χ3n) is 6.88. The lowest BCUT2D eigenvalue weighted by molar-refractivity contribution is -0.150. The summed E-state index contributed by atoms with van der Waals surface area (Å²) in [7, 11) is -3.87. The molecule has 0 aromatic rings. The molecule has 220 valence electrons. The summed E-state index contributed by atoms with van der Waals surface area (Å²) in [6.07, 6.45) is 6.66. The minimum absolute atomic E-state index is 0.0940. The smallest absolute Gasteiger partial charge is 0.408 e. The van der Waals surface area contributed by atoms with Crippen molar-refractivity contribution >= 4 is 34.0 Å². The number of fused-ring (bicyclic) bond motifs is 2. The number of rotatable bonds is 5. The van der Waals surface area contributed by atoms with E-state index in [1.165, 1.54) is 4.90 Å². The Bertz CT molecular complexity index is 1080. The zero-order chi connectivity index (χ0) is 29.0. The lowest BCUT2D eigenvalue weighted by Crippen LogP contribution is -2.56. The molecule has 0 radical (unpaired) electrons. The fourth-order valence-corrected chi connectivity index (χ4v) is 5.71. The van der Waals surface area contributed by atoms with E-state index in [1.54, 1.807) is 27.7 Å². The third-order valence-corrected chi connectivity index (χ3v) is 7.50. The normalized spacial score (nSPS) is 31.1. The van der Waals surface area contributed by atoms with E-state index < -0.39 is 63.3 Å². The summed E-state index contributed by atoms with van der Waals surface area (Å²) in [6, 6.07) is -2.12. The second-order valence-electron chi connectivity index (χ2n) is 11.4. The Hall–Kier alpha value is -2.67. The highest BCUT2D eigenvalue weighted by atomic mass is 32.2. The molecule has 0 bridgehead atoms. The van der Waals surface area contributed by atoms with Crippen LogP contribution in [-0.2, 0) is 38.2 Å². The zero-order valence-corrected chi connectivity index (χ0v) is 24.2. The molecule has 3 rings (SSSR count). The van der Waals surface area contributed by atoms with Crippen molar-refractivity contribution in [2.75, 3.05) is 19.4 Å². The van der Waals surface area contributed by atoms with Crippen molar-refractivity contribution in [3.05, 3.63) is 12.2 Å². The predicted octanol–water partition coefficient (Wildman–Crippen LogP) is 1.78. The van der Waals surface area contributed by atoms with Gasteiger partial charge in [-0.25, -0.2) is 9.59 Å². The molecule has 12 nitrogen and oxygen atoms in total. The van der Waals surface area contributed by atoms with Crippen molar-refractivity contribution in [3.8, 4) is 0 Å². The van der Waals surface area contributed by atoms with Crippen molar-refractivity contribution in [2.24, 2.45) is 5.92 Å². The maximum absolute atomic E-state index is 13.8. The molecular weight excluding hydrogens is 530 g/mol. The van der Waals surface area contributed by atoms with Crippen LogP contribution in [0.25, 0.3) is 0 Å². The van der Waals surface area contributed by atoms with Crippen LogP contribution in [0, 0.1) is 5.92 Å². The van der Waals surface area contributed by atoms with Crippen LogP contribution in [-0.4, -0.2) is 85.9 Å². The molecule has 2 heterocycles. The van der Waals surface area contributed by atoms with E-state index in [0.29, 0.717) is 19.3 Å². The zero-order valence-electron chi connectivity index (χ0n) is 23.4. The Morgan fingerprint density at radius 3 is 2.56 bits per heavy atom. The number of nitrogens with zero attached hydrogens (tertiary/aromatic N) is 1. The number of ether oxygens (including phenoxy) is 2. The van der Waals surface area contributed by atoms with E-state index in [0.717, 1.165) is 25.5 Å². The maximum Gasteiger partial charge on any atom is 0.408 e. The monoisotopic (exact) mass is 571 g/mol. The number of amides is 3. The van der Waals surface area contributed by atoms with Crippen LogP contribution in [0.3, 0.4) is 0 Å². The molecule has 2 aliphatic heterocycles. The van der Waals surface area contributed by atoms with Gasteiger partial charge in [0.1, 0.15) is 23.2 Å². The molecule has 2 fully saturated rings. The van der Waals surface area contributed by atoms with Crippen molar-refractivity contribution in [2.45, 2.75) is 102 Å². The van der Waals surface area contributed by atoms with Crippen LogP contribution in [0.4, 0.5) is 4.79 Å². The van der Waals surface area contributed by atoms with Crippen LogP contribution in [0.1, 0.15) is 72.6 Å². The summed E-state index contributed by atoms with van der Waals surface area (Å²) in [4.78, 5) is 54.1. The molecule has 39 heavy (non-hydrogen) atoms. The van der Waals surface area contributed by atoms with Gasteiger partial charge in [-0.1, -0.05) is 25.0 Å². The Balaban J connectivity index is 1.92. The molecule has 1 unspecified atom stereocenters. The van der Waals surface area contributed by atoms with Crippen LogP contribution in [0.15, 0.2) is 12.2 Å². The number of carbonyl (C=O) groups is 4. The van der Waals surface area contributed by atoms with Crippen molar-refractivity contribution < 1.29 is 41.3 Å². The van der Waals surface area contributed by atoms with Crippen molar-refractivity contribution in [3.63, 3.8) is 0 Å². The highest BCUT2D eigenvalue weighted by Gasteiger charge is 2.62. The Morgan fingerprint density at radius 2 is 1.92 bits per heavy atom. The number of nitrogens with one attached hydrogen (secondary N) is 2. The molecule has 1 aliphatic carbocycles. The first kappa shape index (κ1) is 30.9. The predicted molar refractivity (Wildman–Crippen MR) is 141 cm³/mol.